The van der Waals surface area contributed by atoms with Gasteiger partial charge in [0.15, 0.2) is 22.9 Å². The lowest BCUT2D eigenvalue weighted by Gasteiger charge is -2.16. The lowest BCUT2D eigenvalue weighted by molar-refractivity contribution is 0.0963. The van der Waals surface area contributed by atoms with E-state index >= 15 is 0 Å². The molecule has 1 aliphatic rings. The van der Waals surface area contributed by atoms with Crippen LogP contribution in [0.3, 0.4) is 0 Å². The first-order valence-electron chi connectivity index (χ1n) is 6.28. The number of rotatable bonds is 2. The van der Waals surface area contributed by atoms with E-state index in [1.54, 1.807) is 6.07 Å². The first kappa shape index (κ1) is 11.3. The van der Waals surface area contributed by atoms with Crippen molar-refractivity contribution in [3.05, 3.63) is 29.5 Å². The van der Waals surface area contributed by atoms with Gasteiger partial charge in [-0.1, -0.05) is 19.1 Å². The normalized spacial score (nSPS) is 16.6. The molecule has 18 heavy (non-hydrogen) atoms. The van der Waals surface area contributed by atoms with Crippen molar-refractivity contribution in [3.8, 4) is 5.75 Å². The molecule has 0 aliphatic carbocycles. The van der Waals surface area contributed by atoms with E-state index in [1.165, 1.54) is 0 Å². The zero-order valence-electron chi connectivity index (χ0n) is 10.9. The maximum Gasteiger partial charge on any atom is 0.197 e. The number of hydrogen-bond donors (Lipinski definition) is 0. The quantitative estimate of drug-likeness (QED) is 0.755. The summed E-state index contributed by atoms with van der Waals surface area (Å²) in [6.07, 6.45) is 1.32. The van der Waals surface area contributed by atoms with Gasteiger partial charge in [-0.15, -0.1) is 0 Å². The Morgan fingerprint density at radius 3 is 2.89 bits per heavy atom. The standard InChI is InChI=1S/C15H16O3/c1-4-11(16)12-7-9-5-6-10-8-15(2,3)18-14(10)13(9)17-12/h5-7H,4,8H2,1-3H3. The Labute approximate surface area is 106 Å². The lowest BCUT2D eigenvalue weighted by Crippen LogP contribution is -2.24. The molecule has 0 saturated heterocycles. The summed E-state index contributed by atoms with van der Waals surface area (Å²) in [7, 11) is 0. The van der Waals surface area contributed by atoms with Gasteiger partial charge in [0, 0.05) is 23.8 Å². The van der Waals surface area contributed by atoms with E-state index in [9.17, 15) is 4.79 Å². The van der Waals surface area contributed by atoms with Crippen molar-refractivity contribution >= 4 is 16.8 Å². The number of ether oxygens (including phenoxy) is 1. The van der Waals surface area contributed by atoms with Gasteiger partial charge in [0.05, 0.1) is 0 Å². The molecule has 0 radical (unpaired) electrons. The molecule has 0 unspecified atom stereocenters. The van der Waals surface area contributed by atoms with Gasteiger partial charge in [0.1, 0.15) is 5.60 Å². The third kappa shape index (κ3) is 1.62. The molecule has 3 rings (SSSR count). The lowest BCUT2D eigenvalue weighted by atomic mass is 10.0. The second-order valence-corrected chi connectivity index (χ2v) is 5.40. The number of fused-ring (bicyclic) bond motifs is 3. The van der Waals surface area contributed by atoms with Crippen molar-refractivity contribution in [2.45, 2.75) is 39.2 Å². The fourth-order valence-corrected chi connectivity index (χ4v) is 2.45. The van der Waals surface area contributed by atoms with E-state index in [0.717, 1.165) is 23.1 Å². The van der Waals surface area contributed by atoms with Crippen molar-refractivity contribution in [2.75, 3.05) is 0 Å². The van der Waals surface area contributed by atoms with Gasteiger partial charge in [-0.2, -0.15) is 0 Å². The molecule has 3 heteroatoms. The molecule has 0 spiro atoms. The van der Waals surface area contributed by atoms with E-state index in [-0.39, 0.29) is 11.4 Å². The van der Waals surface area contributed by atoms with Gasteiger partial charge < -0.3 is 9.15 Å². The molecular formula is C15H16O3. The van der Waals surface area contributed by atoms with E-state index in [0.29, 0.717) is 17.8 Å². The molecule has 0 fully saturated rings. The van der Waals surface area contributed by atoms with Crippen molar-refractivity contribution in [1.29, 1.82) is 0 Å². The van der Waals surface area contributed by atoms with Gasteiger partial charge in [0.25, 0.3) is 0 Å². The molecule has 0 atom stereocenters. The fraction of sp³-hybridized carbons (Fsp3) is 0.400. The number of carbonyl (C=O) groups is 1. The Morgan fingerprint density at radius 1 is 1.39 bits per heavy atom. The van der Waals surface area contributed by atoms with Crippen LogP contribution in [0.5, 0.6) is 5.75 Å². The highest BCUT2D eigenvalue weighted by atomic mass is 16.5. The molecule has 2 heterocycles. The van der Waals surface area contributed by atoms with Crippen molar-refractivity contribution < 1.29 is 13.9 Å². The first-order valence-corrected chi connectivity index (χ1v) is 6.28. The number of Topliss-reactive ketones (excluding diaryl/α,β-unsaturated/α-hetero) is 1. The molecule has 94 valence electrons. The Kier molecular flexibility index (Phi) is 2.27. The van der Waals surface area contributed by atoms with Crippen molar-refractivity contribution in [1.82, 2.24) is 0 Å². The van der Waals surface area contributed by atoms with Crippen LogP contribution in [0.4, 0.5) is 0 Å². The monoisotopic (exact) mass is 244 g/mol. The highest BCUT2D eigenvalue weighted by Gasteiger charge is 2.32. The second-order valence-electron chi connectivity index (χ2n) is 5.40. The van der Waals surface area contributed by atoms with Crippen LogP contribution in [0.1, 0.15) is 43.3 Å². The number of carbonyl (C=O) groups excluding carboxylic acids is 1. The molecule has 2 aromatic rings. The molecule has 0 bridgehead atoms. The predicted octanol–water partition coefficient (Wildman–Crippen LogP) is 3.74. The molecule has 0 N–H and O–H groups in total. The van der Waals surface area contributed by atoms with E-state index in [2.05, 4.69) is 19.9 Å². The number of furan rings is 1. The predicted molar refractivity (Wildman–Crippen MR) is 69.2 cm³/mol. The van der Waals surface area contributed by atoms with Crippen LogP contribution in [0.25, 0.3) is 11.0 Å². The summed E-state index contributed by atoms with van der Waals surface area (Å²) in [4.78, 5) is 11.7. The van der Waals surface area contributed by atoms with E-state index in [4.69, 9.17) is 9.15 Å². The first-order chi connectivity index (χ1) is 8.50. The number of hydrogen-bond acceptors (Lipinski definition) is 3. The van der Waals surface area contributed by atoms with Crippen LogP contribution in [-0.2, 0) is 6.42 Å². The highest BCUT2D eigenvalue weighted by Crippen LogP contribution is 2.41. The van der Waals surface area contributed by atoms with Crippen LogP contribution in [-0.4, -0.2) is 11.4 Å². The van der Waals surface area contributed by atoms with E-state index in [1.807, 2.05) is 13.0 Å². The average molecular weight is 244 g/mol. The summed E-state index contributed by atoms with van der Waals surface area (Å²) in [6, 6.07) is 5.85. The molecule has 3 nitrogen and oxygen atoms in total. The zero-order valence-corrected chi connectivity index (χ0v) is 10.9. The summed E-state index contributed by atoms with van der Waals surface area (Å²) >= 11 is 0. The van der Waals surface area contributed by atoms with Crippen LogP contribution in [0.15, 0.2) is 22.6 Å². The van der Waals surface area contributed by atoms with Crippen LogP contribution < -0.4 is 4.74 Å². The largest absolute Gasteiger partial charge is 0.483 e. The van der Waals surface area contributed by atoms with Crippen LogP contribution in [0.2, 0.25) is 0 Å². The average Bonchev–Trinajstić information content (AvgIpc) is 2.86. The van der Waals surface area contributed by atoms with Gasteiger partial charge in [-0.05, 0) is 19.9 Å². The molecule has 1 aliphatic heterocycles. The van der Waals surface area contributed by atoms with Gasteiger partial charge in [0.2, 0.25) is 0 Å². The molecule has 0 amide bonds. The van der Waals surface area contributed by atoms with Crippen molar-refractivity contribution in [2.24, 2.45) is 0 Å². The summed E-state index contributed by atoms with van der Waals surface area (Å²) in [5.41, 5.74) is 1.66. The van der Waals surface area contributed by atoms with Gasteiger partial charge in [-0.3, -0.25) is 4.79 Å². The topological polar surface area (TPSA) is 39.4 Å². The summed E-state index contributed by atoms with van der Waals surface area (Å²) < 4.78 is 11.6. The Hall–Kier alpha value is -1.77. The van der Waals surface area contributed by atoms with Crippen LogP contribution >= 0.6 is 0 Å². The minimum absolute atomic E-state index is 0.0252. The SMILES string of the molecule is CCC(=O)c1cc2ccc3c(c2o1)OC(C)(C)C3. The maximum atomic E-state index is 11.7. The number of benzene rings is 1. The molecular weight excluding hydrogens is 228 g/mol. The maximum absolute atomic E-state index is 11.7. The third-order valence-electron chi connectivity index (χ3n) is 3.31. The molecule has 1 aromatic heterocycles. The zero-order chi connectivity index (χ0) is 12.9. The summed E-state index contributed by atoms with van der Waals surface area (Å²) in [6.45, 7) is 5.94. The van der Waals surface area contributed by atoms with Gasteiger partial charge in [-0.25, -0.2) is 0 Å². The minimum Gasteiger partial charge on any atom is -0.483 e. The fourth-order valence-electron chi connectivity index (χ4n) is 2.45. The van der Waals surface area contributed by atoms with Gasteiger partial charge >= 0.3 is 0 Å². The Balaban J connectivity index is 2.17. The molecule has 1 aromatic carbocycles. The second kappa shape index (κ2) is 3.61. The van der Waals surface area contributed by atoms with Crippen LogP contribution in [0, 0.1) is 0 Å². The third-order valence-corrected chi connectivity index (χ3v) is 3.31. The molecule has 0 saturated carbocycles. The van der Waals surface area contributed by atoms with Crippen molar-refractivity contribution in [3.63, 3.8) is 0 Å². The smallest absolute Gasteiger partial charge is 0.197 e. The van der Waals surface area contributed by atoms with E-state index < -0.39 is 0 Å². The Morgan fingerprint density at radius 2 is 2.17 bits per heavy atom. The summed E-state index contributed by atoms with van der Waals surface area (Å²) in [5.74, 6) is 1.25. The summed E-state index contributed by atoms with van der Waals surface area (Å²) in [5, 5.41) is 0.934. The Bertz CT molecular complexity index is 634. The number of ketones is 1. The minimum atomic E-state index is -0.196. The highest BCUT2D eigenvalue weighted by molar-refractivity contribution is 5.98.